The Morgan fingerprint density at radius 2 is 1.62 bits per heavy atom. The molecule has 86 valence electrons. The predicted molar refractivity (Wildman–Crippen MR) is 59.0 cm³/mol. The molecule has 0 saturated carbocycles. The van der Waals surface area contributed by atoms with Crippen LogP contribution in [-0.2, 0) is 4.79 Å². The molecule has 0 saturated heterocycles. The summed E-state index contributed by atoms with van der Waals surface area (Å²) >= 11 is 0. The number of carbonyl (C=O) groups excluding carboxylic acids is 2. The van der Waals surface area contributed by atoms with Crippen LogP contribution in [0.25, 0.3) is 0 Å². The quantitative estimate of drug-likeness (QED) is 0.538. The summed E-state index contributed by atoms with van der Waals surface area (Å²) in [4.78, 5) is 21.8. The van der Waals surface area contributed by atoms with Crippen LogP contribution in [0.5, 0.6) is 0 Å². The molecule has 0 aliphatic heterocycles. The zero-order chi connectivity index (χ0) is 12.0. The van der Waals surface area contributed by atoms with E-state index < -0.39 is 5.97 Å². The smallest absolute Gasteiger partial charge is 0.162 e. The number of hydrogen-bond donors (Lipinski definition) is 0. The molecule has 0 unspecified atom stereocenters. The lowest BCUT2D eigenvalue weighted by Gasteiger charge is -2.02. The highest BCUT2D eigenvalue weighted by Gasteiger charge is 2.04. The highest BCUT2D eigenvalue weighted by molar-refractivity contribution is 5.96. The van der Waals surface area contributed by atoms with Gasteiger partial charge in [-0.1, -0.05) is 29.8 Å². The number of aryl methyl sites for hydroxylation is 1. The van der Waals surface area contributed by atoms with Gasteiger partial charge in [0.15, 0.2) is 5.78 Å². The van der Waals surface area contributed by atoms with E-state index in [1.54, 1.807) is 12.1 Å². The Morgan fingerprint density at radius 1 is 1.06 bits per heavy atom. The second-order valence-electron chi connectivity index (χ2n) is 3.87. The standard InChI is InChI=1S/C13H16O3/c1-10-6-8-11(9-7-10)12(14)4-2-3-5-13(15)16/h6-9H,2-5H2,1H3,(H,15,16)/p-1. The maximum Gasteiger partial charge on any atom is 0.162 e. The first kappa shape index (κ1) is 12.4. The molecule has 0 N–H and O–H groups in total. The zero-order valence-corrected chi connectivity index (χ0v) is 9.36. The summed E-state index contributed by atoms with van der Waals surface area (Å²) in [7, 11) is 0. The minimum Gasteiger partial charge on any atom is -0.550 e. The number of rotatable bonds is 6. The molecule has 3 nitrogen and oxygen atoms in total. The van der Waals surface area contributed by atoms with Gasteiger partial charge < -0.3 is 9.90 Å². The number of ketones is 1. The van der Waals surface area contributed by atoms with Crippen molar-refractivity contribution in [1.29, 1.82) is 0 Å². The lowest BCUT2D eigenvalue weighted by molar-refractivity contribution is -0.305. The third-order valence-electron chi connectivity index (χ3n) is 2.41. The topological polar surface area (TPSA) is 57.2 Å². The highest BCUT2D eigenvalue weighted by Crippen LogP contribution is 2.09. The number of carboxylic acids is 1. The number of hydrogen-bond acceptors (Lipinski definition) is 3. The Bertz CT molecular complexity index is 365. The van der Waals surface area contributed by atoms with Crippen LogP contribution in [0, 0.1) is 6.92 Å². The van der Waals surface area contributed by atoms with Gasteiger partial charge in [0.1, 0.15) is 0 Å². The van der Waals surface area contributed by atoms with Crippen molar-refractivity contribution in [2.24, 2.45) is 0 Å². The minimum absolute atomic E-state index is 0.0289. The van der Waals surface area contributed by atoms with Crippen molar-refractivity contribution in [1.82, 2.24) is 0 Å². The average molecular weight is 219 g/mol. The minimum atomic E-state index is -1.05. The third-order valence-corrected chi connectivity index (χ3v) is 2.41. The number of carbonyl (C=O) groups is 2. The Labute approximate surface area is 95.1 Å². The zero-order valence-electron chi connectivity index (χ0n) is 9.36. The fourth-order valence-corrected chi connectivity index (χ4v) is 1.44. The summed E-state index contributed by atoms with van der Waals surface area (Å²) in [5.41, 5.74) is 1.81. The van der Waals surface area contributed by atoms with Crippen molar-refractivity contribution in [3.05, 3.63) is 35.4 Å². The van der Waals surface area contributed by atoms with E-state index in [0.717, 1.165) is 5.56 Å². The molecule has 16 heavy (non-hydrogen) atoms. The largest absolute Gasteiger partial charge is 0.550 e. The summed E-state index contributed by atoms with van der Waals surface area (Å²) in [6.45, 7) is 1.97. The maximum atomic E-state index is 11.6. The molecule has 0 heterocycles. The second-order valence-corrected chi connectivity index (χ2v) is 3.87. The summed E-state index contributed by atoms with van der Waals surface area (Å²) < 4.78 is 0. The molecule has 0 fully saturated rings. The fourth-order valence-electron chi connectivity index (χ4n) is 1.44. The molecule has 0 spiro atoms. The van der Waals surface area contributed by atoms with E-state index in [4.69, 9.17) is 0 Å². The average Bonchev–Trinajstić information content (AvgIpc) is 2.25. The van der Waals surface area contributed by atoms with Gasteiger partial charge in [0.2, 0.25) is 0 Å². The molecule has 1 rings (SSSR count). The molecule has 3 heteroatoms. The first-order valence-electron chi connectivity index (χ1n) is 5.39. The van der Waals surface area contributed by atoms with E-state index >= 15 is 0 Å². The Kier molecular flexibility index (Phi) is 4.70. The molecule has 0 aliphatic carbocycles. The van der Waals surface area contributed by atoms with E-state index in [-0.39, 0.29) is 12.2 Å². The van der Waals surface area contributed by atoms with Crippen molar-refractivity contribution >= 4 is 11.8 Å². The van der Waals surface area contributed by atoms with Crippen LogP contribution < -0.4 is 5.11 Å². The molecular weight excluding hydrogens is 204 g/mol. The first-order valence-corrected chi connectivity index (χ1v) is 5.39. The number of carboxylic acid groups (broad SMARTS) is 1. The van der Waals surface area contributed by atoms with Crippen molar-refractivity contribution in [2.45, 2.75) is 32.6 Å². The normalized spacial score (nSPS) is 10.1. The van der Waals surface area contributed by atoms with Crippen LogP contribution in [0.1, 0.15) is 41.6 Å². The number of aliphatic carboxylic acids is 1. The van der Waals surface area contributed by atoms with Gasteiger partial charge in [-0.3, -0.25) is 4.79 Å². The van der Waals surface area contributed by atoms with Gasteiger partial charge in [-0.2, -0.15) is 0 Å². The number of benzene rings is 1. The highest BCUT2D eigenvalue weighted by atomic mass is 16.4. The summed E-state index contributed by atoms with van der Waals surface area (Å²) in [6, 6.07) is 7.40. The molecule has 0 amide bonds. The van der Waals surface area contributed by atoms with Gasteiger partial charge in [-0.05, 0) is 26.2 Å². The van der Waals surface area contributed by atoms with Gasteiger partial charge in [-0.25, -0.2) is 0 Å². The number of unbranched alkanes of at least 4 members (excludes halogenated alkanes) is 1. The Morgan fingerprint density at radius 3 is 2.19 bits per heavy atom. The second kappa shape index (κ2) is 6.05. The maximum absolute atomic E-state index is 11.6. The van der Waals surface area contributed by atoms with Crippen LogP contribution in [0.3, 0.4) is 0 Å². The van der Waals surface area contributed by atoms with E-state index in [1.165, 1.54) is 0 Å². The molecule has 0 bridgehead atoms. The molecule has 1 aromatic rings. The van der Waals surface area contributed by atoms with Crippen LogP contribution in [-0.4, -0.2) is 11.8 Å². The van der Waals surface area contributed by atoms with Gasteiger partial charge in [0, 0.05) is 18.0 Å². The number of Topliss-reactive ketones (excluding diaryl/α,β-unsaturated/α-hetero) is 1. The fraction of sp³-hybridized carbons (Fsp3) is 0.385. The van der Waals surface area contributed by atoms with E-state index in [0.29, 0.717) is 24.8 Å². The molecular formula is C13H15O3-. The van der Waals surface area contributed by atoms with Gasteiger partial charge in [0.05, 0.1) is 0 Å². The summed E-state index contributed by atoms with van der Waals surface area (Å²) in [5.74, 6) is -0.985. The monoisotopic (exact) mass is 219 g/mol. The van der Waals surface area contributed by atoms with Crippen LogP contribution in [0.4, 0.5) is 0 Å². The first-order chi connectivity index (χ1) is 7.59. The van der Waals surface area contributed by atoms with Gasteiger partial charge in [-0.15, -0.1) is 0 Å². The van der Waals surface area contributed by atoms with E-state index in [9.17, 15) is 14.7 Å². The lowest BCUT2D eigenvalue weighted by atomic mass is 10.0. The summed E-state index contributed by atoms with van der Waals surface area (Å²) in [5, 5.41) is 10.2. The van der Waals surface area contributed by atoms with Crippen molar-refractivity contribution in [2.75, 3.05) is 0 Å². The van der Waals surface area contributed by atoms with E-state index in [1.807, 2.05) is 19.1 Å². The molecule has 0 radical (unpaired) electrons. The predicted octanol–water partition coefficient (Wildman–Crippen LogP) is 1.49. The van der Waals surface area contributed by atoms with Crippen LogP contribution in [0.15, 0.2) is 24.3 Å². The molecule has 0 aromatic heterocycles. The van der Waals surface area contributed by atoms with Crippen molar-refractivity contribution in [3.63, 3.8) is 0 Å². The third kappa shape index (κ3) is 4.26. The SMILES string of the molecule is Cc1ccc(C(=O)CCCCC(=O)[O-])cc1. The lowest BCUT2D eigenvalue weighted by Crippen LogP contribution is -2.21. The Balaban J connectivity index is 2.35. The van der Waals surface area contributed by atoms with Gasteiger partial charge in [0.25, 0.3) is 0 Å². The Hall–Kier alpha value is -1.64. The molecule has 0 atom stereocenters. The molecule has 0 aliphatic rings. The van der Waals surface area contributed by atoms with Crippen molar-refractivity contribution < 1.29 is 14.7 Å². The van der Waals surface area contributed by atoms with E-state index in [2.05, 4.69) is 0 Å². The molecule has 1 aromatic carbocycles. The van der Waals surface area contributed by atoms with Crippen molar-refractivity contribution in [3.8, 4) is 0 Å². The van der Waals surface area contributed by atoms with Crippen LogP contribution >= 0.6 is 0 Å². The van der Waals surface area contributed by atoms with Gasteiger partial charge >= 0.3 is 0 Å². The van der Waals surface area contributed by atoms with Crippen LogP contribution in [0.2, 0.25) is 0 Å². The summed E-state index contributed by atoms with van der Waals surface area (Å²) in [6.07, 6.45) is 1.53.